The fraction of sp³-hybridized carbons (Fsp3) is 0. The molecule has 0 saturated carbocycles. The quantitative estimate of drug-likeness (QED) is 0.164. The molecule has 0 amide bonds. The Balaban J connectivity index is 0.00000300. The number of aromatic nitrogens is 2. The van der Waals surface area contributed by atoms with Crippen molar-refractivity contribution in [2.24, 2.45) is 0 Å². The Kier molecular flexibility index (Phi) is 7.32. The van der Waals surface area contributed by atoms with Crippen LogP contribution >= 0.6 is 11.3 Å². The molecule has 0 spiro atoms. The minimum atomic E-state index is 0. The van der Waals surface area contributed by atoms with E-state index in [0.717, 1.165) is 39.6 Å². The summed E-state index contributed by atoms with van der Waals surface area (Å²) in [6, 6.07) is 51.3. The Morgan fingerprint density at radius 3 is 2.05 bits per heavy atom. The number of nitrogens with zero attached hydrogens (tertiary/aromatic N) is 3. The zero-order valence-electron chi connectivity index (χ0n) is 22.8. The third-order valence-electron chi connectivity index (χ3n) is 7.53. The van der Waals surface area contributed by atoms with Gasteiger partial charge in [0.15, 0.2) is 0 Å². The number of anilines is 3. The Bertz CT molecular complexity index is 2210. The van der Waals surface area contributed by atoms with Crippen molar-refractivity contribution in [2.75, 3.05) is 4.90 Å². The first-order valence-corrected chi connectivity index (χ1v) is 14.7. The van der Waals surface area contributed by atoms with E-state index >= 15 is 0 Å². The molecule has 0 atom stereocenters. The van der Waals surface area contributed by atoms with Gasteiger partial charge in [0, 0.05) is 38.6 Å². The Labute approximate surface area is 268 Å². The third kappa shape index (κ3) is 4.93. The summed E-state index contributed by atoms with van der Waals surface area (Å²) in [4.78, 5) is 11.6. The second-order valence-electron chi connectivity index (χ2n) is 10.1. The molecule has 3 heterocycles. The topological polar surface area (TPSA) is 29.0 Å². The van der Waals surface area contributed by atoms with Crippen molar-refractivity contribution in [1.29, 1.82) is 0 Å². The molecule has 0 radical (unpaired) electrons. The molecular formula is C38H23N3PtS. The summed E-state index contributed by atoms with van der Waals surface area (Å²) in [5, 5.41) is 5.02. The molecule has 43 heavy (non-hydrogen) atoms. The molecular weight excluding hydrogens is 726 g/mol. The van der Waals surface area contributed by atoms with Crippen molar-refractivity contribution in [2.45, 2.75) is 0 Å². The molecule has 3 aromatic heterocycles. The van der Waals surface area contributed by atoms with Crippen LogP contribution in [0.1, 0.15) is 0 Å². The molecule has 5 heteroatoms. The van der Waals surface area contributed by atoms with Crippen LogP contribution in [0.15, 0.2) is 140 Å². The van der Waals surface area contributed by atoms with Crippen molar-refractivity contribution in [3.05, 3.63) is 152 Å². The maximum Gasteiger partial charge on any atom is 2.00 e. The van der Waals surface area contributed by atoms with E-state index in [2.05, 4.69) is 119 Å². The number of rotatable bonds is 5. The number of benzene rings is 5. The molecule has 0 saturated heterocycles. The summed E-state index contributed by atoms with van der Waals surface area (Å²) < 4.78 is 2.47. The SMILES string of the molecule is [Pt+2].[c-]1c(-c2ccccn2)cccc1N(c1[c-]c(-c2nccc3c2sc2c4ccccc4ccc32)ccc1)c1ccccc1. The van der Waals surface area contributed by atoms with Gasteiger partial charge in [-0.05, 0) is 57.5 Å². The zero-order chi connectivity index (χ0) is 27.9. The van der Waals surface area contributed by atoms with Gasteiger partial charge in [0.05, 0.1) is 0 Å². The van der Waals surface area contributed by atoms with E-state index in [-0.39, 0.29) is 21.1 Å². The van der Waals surface area contributed by atoms with Crippen LogP contribution in [0.4, 0.5) is 17.1 Å². The van der Waals surface area contributed by atoms with E-state index in [9.17, 15) is 0 Å². The standard InChI is InChI=1S/C38H23N3S.Pt/c1-2-13-29(14-3-1)41(30-15-8-11-27(24-30)35-18-6-7-22-39-35)31-16-9-12-28(25-31)36-38-34(21-23-40-36)33-20-19-26-10-4-5-17-32(26)37(33)42-38;/h1-23H;/q-2;+2. The average Bonchev–Trinajstić information content (AvgIpc) is 3.46. The largest absolute Gasteiger partial charge is 2.00 e. The van der Waals surface area contributed by atoms with Crippen molar-refractivity contribution in [3.63, 3.8) is 0 Å². The minimum absolute atomic E-state index is 0. The first-order chi connectivity index (χ1) is 20.8. The minimum Gasteiger partial charge on any atom is -0.346 e. The van der Waals surface area contributed by atoms with Gasteiger partial charge in [-0.15, -0.1) is 71.0 Å². The van der Waals surface area contributed by atoms with E-state index in [1.54, 1.807) is 0 Å². The van der Waals surface area contributed by atoms with E-state index in [4.69, 9.17) is 4.98 Å². The molecule has 0 unspecified atom stereocenters. The number of hydrogen-bond acceptors (Lipinski definition) is 4. The van der Waals surface area contributed by atoms with Crippen LogP contribution in [0.25, 0.3) is 53.5 Å². The van der Waals surface area contributed by atoms with Gasteiger partial charge in [0.2, 0.25) is 0 Å². The van der Waals surface area contributed by atoms with Gasteiger partial charge in [-0.1, -0.05) is 66.7 Å². The molecule has 8 rings (SSSR count). The van der Waals surface area contributed by atoms with Crippen molar-refractivity contribution >= 4 is 59.3 Å². The average molecular weight is 749 g/mol. The number of fused-ring (bicyclic) bond motifs is 5. The number of para-hydroxylation sites is 1. The monoisotopic (exact) mass is 748 g/mol. The summed E-state index contributed by atoms with van der Waals surface area (Å²) in [6.07, 6.45) is 3.73. The third-order valence-corrected chi connectivity index (χ3v) is 8.79. The summed E-state index contributed by atoms with van der Waals surface area (Å²) in [5.74, 6) is 0. The Hall–Kier alpha value is -4.63. The van der Waals surface area contributed by atoms with Gasteiger partial charge in [-0.2, -0.15) is 0 Å². The van der Waals surface area contributed by atoms with Crippen LogP contribution < -0.4 is 4.90 Å². The first kappa shape index (κ1) is 27.2. The molecule has 0 fully saturated rings. The van der Waals surface area contributed by atoms with Crippen LogP contribution in [-0.4, -0.2) is 9.97 Å². The van der Waals surface area contributed by atoms with Crippen LogP contribution in [-0.2, 0) is 21.1 Å². The Morgan fingerprint density at radius 1 is 0.512 bits per heavy atom. The number of thiophene rings is 1. The van der Waals surface area contributed by atoms with Gasteiger partial charge in [0.1, 0.15) is 0 Å². The second kappa shape index (κ2) is 11.6. The summed E-state index contributed by atoms with van der Waals surface area (Å²) in [7, 11) is 0. The van der Waals surface area contributed by atoms with Crippen LogP contribution in [0.3, 0.4) is 0 Å². The molecule has 0 bridgehead atoms. The van der Waals surface area contributed by atoms with Gasteiger partial charge in [-0.3, -0.25) is 0 Å². The summed E-state index contributed by atoms with van der Waals surface area (Å²) in [5.41, 5.74) is 6.58. The van der Waals surface area contributed by atoms with E-state index in [0.29, 0.717) is 0 Å². The molecule has 8 aromatic rings. The van der Waals surface area contributed by atoms with Crippen molar-refractivity contribution in [1.82, 2.24) is 9.97 Å². The van der Waals surface area contributed by atoms with Gasteiger partial charge in [0.25, 0.3) is 0 Å². The van der Waals surface area contributed by atoms with E-state index in [1.165, 1.54) is 30.9 Å². The maximum atomic E-state index is 4.90. The van der Waals surface area contributed by atoms with Gasteiger partial charge in [-0.25, -0.2) is 0 Å². The predicted molar refractivity (Wildman–Crippen MR) is 176 cm³/mol. The molecule has 206 valence electrons. The molecule has 0 aliphatic heterocycles. The molecule has 3 nitrogen and oxygen atoms in total. The van der Waals surface area contributed by atoms with Crippen LogP contribution in [0, 0.1) is 12.1 Å². The normalized spacial score (nSPS) is 11.1. The zero-order valence-corrected chi connectivity index (χ0v) is 25.9. The number of hydrogen-bond donors (Lipinski definition) is 0. The smallest absolute Gasteiger partial charge is 0.346 e. The summed E-state index contributed by atoms with van der Waals surface area (Å²) in [6.45, 7) is 0. The van der Waals surface area contributed by atoms with Crippen LogP contribution in [0.5, 0.6) is 0 Å². The van der Waals surface area contributed by atoms with Crippen molar-refractivity contribution < 1.29 is 21.1 Å². The molecule has 0 aliphatic rings. The fourth-order valence-electron chi connectivity index (χ4n) is 5.59. The molecule has 0 aliphatic carbocycles. The van der Waals surface area contributed by atoms with Crippen molar-refractivity contribution in [3.8, 4) is 22.5 Å². The first-order valence-electron chi connectivity index (χ1n) is 13.8. The number of pyridine rings is 2. The second-order valence-corrected chi connectivity index (χ2v) is 11.1. The van der Waals surface area contributed by atoms with E-state index < -0.39 is 0 Å². The Morgan fingerprint density at radius 2 is 1.23 bits per heavy atom. The molecule has 0 N–H and O–H groups in total. The maximum absolute atomic E-state index is 4.90. The summed E-state index contributed by atoms with van der Waals surface area (Å²) >= 11 is 1.81. The predicted octanol–water partition coefficient (Wildman–Crippen LogP) is 10.4. The van der Waals surface area contributed by atoms with Crippen LogP contribution in [0.2, 0.25) is 0 Å². The van der Waals surface area contributed by atoms with Gasteiger partial charge < -0.3 is 14.9 Å². The van der Waals surface area contributed by atoms with Gasteiger partial charge >= 0.3 is 21.1 Å². The van der Waals surface area contributed by atoms with E-state index in [1.807, 2.05) is 54.1 Å². The fourth-order valence-corrected chi connectivity index (χ4v) is 6.93. The molecule has 5 aromatic carbocycles.